The molecule has 0 fully saturated rings. The highest BCUT2D eigenvalue weighted by Crippen LogP contribution is 2.35. The zero-order valence-electron chi connectivity index (χ0n) is 8.71. The number of aromatic carboxylic acids is 1. The lowest BCUT2D eigenvalue weighted by Crippen LogP contribution is -1.96. The Bertz CT molecular complexity index is 639. The number of hydrogen-bond donors (Lipinski definition) is 2. The number of carboxylic acid groups (broad SMARTS) is 1. The third-order valence-corrected chi connectivity index (χ3v) is 3.43. The van der Waals surface area contributed by atoms with E-state index >= 15 is 0 Å². The molecule has 1 heterocycles. The van der Waals surface area contributed by atoms with Crippen LogP contribution >= 0.6 is 11.3 Å². The van der Waals surface area contributed by atoms with Crippen LogP contribution < -0.4 is 5.73 Å². The maximum absolute atomic E-state index is 13.5. The lowest BCUT2D eigenvalue weighted by molar-refractivity contribution is 0.0703. The standard InChI is InChI=1S/C11H6F3NO2S/c12-5-2-1-4(8(13)9(5)14)7-3-6(15)10(18-7)11(16)17/h1-3H,15H2,(H,16,17). The van der Waals surface area contributed by atoms with Crippen molar-refractivity contribution in [2.24, 2.45) is 0 Å². The average molecular weight is 273 g/mol. The highest BCUT2D eigenvalue weighted by Gasteiger charge is 2.19. The molecule has 2 rings (SSSR count). The maximum Gasteiger partial charge on any atom is 0.348 e. The predicted molar refractivity (Wildman–Crippen MR) is 61.0 cm³/mol. The van der Waals surface area contributed by atoms with Crippen LogP contribution in [0.1, 0.15) is 9.67 Å². The molecule has 1 aromatic heterocycles. The van der Waals surface area contributed by atoms with Crippen molar-refractivity contribution in [3.05, 3.63) is 40.5 Å². The second-order valence-electron chi connectivity index (χ2n) is 3.42. The van der Waals surface area contributed by atoms with Gasteiger partial charge in [-0.2, -0.15) is 0 Å². The number of carbonyl (C=O) groups is 1. The molecule has 0 saturated carbocycles. The second-order valence-corrected chi connectivity index (χ2v) is 4.48. The zero-order valence-corrected chi connectivity index (χ0v) is 9.52. The van der Waals surface area contributed by atoms with E-state index in [-0.39, 0.29) is 21.0 Å². The molecule has 0 atom stereocenters. The third kappa shape index (κ3) is 1.92. The van der Waals surface area contributed by atoms with Gasteiger partial charge in [0.15, 0.2) is 17.5 Å². The molecule has 94 valence electrons. The fourth-order valence-electron chi connectivity index (χ4n) is 1.42. The first-order valence-electron chi connectivity index (χ1n) is 4.68. The third-order valence-electron chi connectivity index (χ3n) is 2.26. The summed E-state index contributed by atoms with van der Waals surface area (Å²) >= 11 is 0.696. The van der Waals surface area contributed by atoms with Crippen LogP contribution in [0.25, 0.3) is 10.4 Å². The number of anilines is 1. The van der Waals surface area contributed by atoms with Gasteiger partial charge in [-0.3, -0.25) is 0 Å². The Morgan fingerprint density at radius 3 is 2.44 bits per heavy atom. The summed E-state index contributed by atoms with van der Waals surface area (Å²) in [5.74, 6) is -5.53. The molecule has 2 aromatic rings. The summed E-state index contributed by atoms with van der Waals surface area (Å²) in [5.41, 5.74) is 5.16. The number of rotatable bonds is 2. The predicted octanol–water partition coefficient (Wildman–Crippen LogP) is 3.11. The van der Waals surface area contributed by atoms with E-state index in [2.05, 4.69) is 0 Å². The molecule has 0 bridgehead atoms. The molecule has 3 nitrogen and oxygen atoms in total. The minimum Gasteiger partial charge on any atom is -0.477 e. The van der Waals surface area contributed by atoms with Gasteiger partial charge in [-0.05, 0) is 18.2 Å². The van der Waals surface area contributed by atoms with E-state index in [0.717, 1.165) is 12.1 Å². The van der Waals surface area contributed by atoms with E-state index in [9.17, 15) is 18.0 Å². The topological polar surface area (TPSA) is 63.3 Å². The van der Waals surface area contributed by atoms with E-state index in [1.807, 2.05) is 0 Å². The molecule has 0 aliphatic rings. The molecule has 0 spiro atoms. The Morgan fingerprint density at radius 2 is 1.89 bits per heavy atom. The fourth-order valence-corrected chi connectivity index (χ4v) is 2.36. The van der Waals surface area contributed by atoms with Crippen LogP contribution in [-0.4, -0.2) is 11.1 Å². The average Bonchev–Trinajstić information content (AvgIpc) is 2.68. The number of benzene rings is 1. The molecule has 0 aliphatic heterocycles. The summed E-state index contributed by atoms with van der Waals surface area (Å²) in [6.45, 7) is 0. The Morgan fingerprint density at radius 1 is 1.22 bits per heavy atom. The van der Waals surface area contributed by atoms with Gasteiger partial charge in [-0.15, -0.1) is 11.3 Å². The molecule has 0 aliphatic carbocycles. The Hall–Kier alpha value is -2.02. The maximum atomic E-state index is 13.5. The molecule has 0 unspecified atom stereocenters. The molecular formula is C11H6F3NO2S. The summed E-state index contributed by atoms with van der Waals surface area (Å²) < 4.78 is 39.3. The molecule has 1 aromatic carbocycles. The van der Waals surface area contributed by atoms with Crippen LogP contribution in [0.5, 0.6) is 0 Å². The molecule has 3 N–H and O–H groups in total. The fraction of sp³-hybridized carbons (Fsp3) is 0. The van der Waals surface area contributed by atoms with Crippen LogP contribution in [-0.2, 0) is 0 Å². The Kier molecular flexibility index (Phi) is 3.00. The van der Waals surface area contributed by atoms with E-state index in [1.165, 1.54) is 6.07 Å². The van der Waals surface area contributed by atoms with Gasteiger partial charge in [-0.1, -0.05) is 0 Å². The van der Waals surface area contributed by atoms with Crippen LogP contribution in [0.15, 0.2) is 18.2 Å². The van der Waals surface area contributed by atoms with Gasteiger partial charge in [0.2, 0.25) is 0 Å². The zero-order chi connectivity index (χ0) is 13.4. The number of nitrogens with two attached hydrogens (primary N) is 1. The van der Waals surface area contributed by atoms with Crippen molar-refractivity contribution in [3.63, 3.8) is 0 Å². The number of hydrogen-bond acceptors (Lipinski definition) is 3. The van der Waals surface area contributed by atoms with Crippen molar-refractivity contribution in [2.75, 3.05) is 5.73 Å². The highest BCUT2D eigenvalue weighted by molar-refractivity contribution is 7.17. The molecule has 7 heteroatoms. The van der Waals surface area contributed by atoms with Gasteiger partial charge in [0.05, 0.1) is 5.69 Å². The first kappa shape index (κ1) is 12.4. The largest absolute Gasteiger partial charge is 0.477 e. The van der Waals surface area contributed by atoms with Crippen molar-refractivity contribution in [2.45, 2.75) is 0 Å². The number of carboxylic acids is 1. The van der Waals surface area contributed by atoms with E-state index in [1.54, 1.807) is 0 Å². The van der Waals surface area contributed by atoms with Gasteiger partial charge in [0.1, 0.15) is 4.88 Å². The molecule has 0 saturated heterocycles. The Balaban J connectivity index is 2.60. The summed E-state index contributed by atoms with van der Waals surface area (Å²) in [6, 6.07) is 3.01. The summed E-state index contributed by atoms with van der Waals surface area (Å²) in [7, 11) is 0. The van der Waals surface area contributed by atoms with Gasteiger partial charge >= 0.3 is 5.97 Å². The molecule has 0 radical (unpaired) electrons. The number of halogens is 3. The minimum atomic E-state index is -1.60. The van der Waals surface area contributed by atoms with Crippen molar-refractivity contribution < 1.29 is 23.1 Å². The quantitative estimate of drug-likeness (QED) is 0.826. The monoisotopic (exact) mass is 273 g/mol. The number of thiophene rings is 1. The van der Waals surface area contributed by atoms with Crippen LogP contribution in [0.2, 0.25) is 0 Å². The normalized spacial score (nSPS) is 10.6. The molecule has 0 amide bonds. The SMILES string of the molecule is Nc1cc(-c2ccc(F)c(F)c2F)sc1C(=O)O. The highest BCUT2D eigenvalue weighted by atomic mass is 32.1. The van der Waals surface area contributed by atoms with Gasteiger partial charge in [0.25, 0.3) is 0 Å². The Labute approximate surface area is 103 Å². The van der Waals surface area contributed by atoms with Crippen molar-refractivity contribution in [1.82, 2.24) is 0 Å². The number of nitrogen functional groups attached to an aromatic ring is 1. The van der Waals surface area contributed by atoms with E-state index in [0.29, 0.717) is 11.3 Å². The van der Waals surface area contributed by atoms with Crippen LogP contribution in [0.3, 0.4) is 0 Å². The summed E-state index contributed by atoms with van der Waals surface area (Å²) in [6.07, 6.45) is 0. The second kappa shape index (κ2) is 4.34. The van der Waals surface area contributed by atoms with E-state index < -0.39 is 23.4 Å². The smallest absolute Gasteiger partial charge is 0.348 e. The van der Waals surface area contributed by atoms with Gasteiger partial charge < -0.3 is 10.8 Å². The van der Waals surface area contributed by atoms with E-state index in [4.69, 9.17) is 10.8 Å². The molecule has 18 heavy (non-hydrogen) atoms. The van der Waals surface area contributed by atoms with Crippen molar-refractivity contribution in [3.8, 4) is 10.4 Å². The summed E-state index contributed by atoms with van der Waals surface area (Å²) in [4.78, 5) is 10.7. The minimum absolute atomic E-state index is 0.0494. The summed E-state index contributed by atoms with van der Waals surface area (Å²) in [5, 5.41) is 8.80. The van der Waals surface area contributed by atoms with Crippen molar-refractivity contribution in [1.29, 1.82) is 0 Å². The molecular weight excluding hydrogens is 267 g/mol. The lowest BCUT2D eigenvalue weighted by Gasteiger charge is -2.01. The van der Waals surface area contributed by atoms with Crippen LogP contribution in [0.4, 0.5) is 18.9 Å². The van der Waals surface area contributed by atoms with Gasteiger partial charge in [-0.25, -0.2) is 18.0 Å². The van der Waals surface area contributed by atoms with Crippen LogP contribution in [0, 0.1) is 17.5 Å². The first-order valence-corrected chi connectivity index (χ1v) is 5.50. The first-order chi connectivity index (χ1) is 8.41. The van der Waals surface area contributed by atoms with Gasteiger partial charge in [0, 0.05) is 10.4 Å². The lowest BCUT2D eigenvalue weighted by atomic mass is 10.1. The van der Waals surface area contributed by atoms with Crippen molar-refractivity contribution >= 4 is 23.0 Å².